The van der Waals surface area contributed by atoms with Crippen LogP contribution < -0.4 is 4.90 Å². The van der Waals surface area contributed by atoms with Crippen molar-refractivity contribution in [2.24, 2.45) is 5.92 Å². The summed E-state index contributed by atoms with van der Waals surface area (Å²) in [6.45, 7) is 1.76. The highest BCUT2D eigenvalue weighted by Crippen LogP contribution is 2.50. The molecular weight excluding hydrogens is 403 g/mol. The predicted octanol–water partition coefficient (Wildman–Crippen LogP) is 3.69. The Morgan fingerprint density at radius 1 is 1.00 bits per heavy atom. The van der Waals surface area contributed by atoms with Gasteiger partial charge in [0.2, 0.25) is 15.9 Å². The summed E-state index contributed by atoms with van der Waals surface area (Å²) in [6, 6.07) is 11.8. The number of fused-ring (bicyclic) bond motifs is 1. The Balaban J connectivity index is 1.38. The van der Waals surface area contributed by atoms with Crippen molar-refractivity contribution < 1.29 is 17.6 Å². The van der Waals surface area contributed by atoms with Crippen LogP contribution in [0.1, 0.15) is 42.7 Å². The number of hydrogen-bond acceptors (Lipinski definition) is 3. The Morgan fingerprint density at radius 3 is 2.53 bits per heavy atom. The van der Waals surface area contributed by atoms with Crippen molar-refractivity contribution in [3.05, 3.63) is 59.4 Å². The lowest BCUT2D eigenvalue weighted by molar-refractivity contribution is -0.120. The number of hydrogen-bond donors (Lipinski definition) is 0. The van der Waals surface area contributed by atoms with Gasteiger partial charge in [-0.05, 0) is 73.4 Å². The normalized spacial score (nSPS) is 24.0. The maximum absolute atomic E-state index is 14.1. The third kappa shape index (κ3) is 3.34. The molecule has 7 heteroatoms. The van der Waals surface area contributed by atoms with Crippen molar-refractivity contribution in [1.29, 1.82) is 0 Å². The van der Waals surface area contributed by atoms with Gasteiger partial charge in [-0.25, -0.2) is 12.8 Å². The molecule has 0 spiro atoms. The molecule has 2 fully saturated rings. The molecule has 0 bridgehead atoms. The number of amides is 1. The van der Waals surface area contributed by atoms with Crippen molar-refractivity contribution in [2.45, 2.75) is 42.9 Å². The van der Waals surface area contributed by atoms with Gasteiger partial charge < -0.3 is 4.90 Å². The molecule has 30 heavy (non-hydrogen) atoms. The van der Waals surface area contributed by atoms with E-state index in [1.165, 1.54) is 6.07 Å². The highest BCUT2D eigenvalue weighted by Gasteiger charge is 2.47. The summed E-state index contributed by atoms with van der Waals surface area (Å²) < 4.78 is 41.4. The van der Waals surface area contributed by atoms with E-state index in [1.54, 1.807) is 45.6 Å². The molecule has 5 rings (SSSR count). The molecule has 0 aromatic heterocycles. The molecule has 1 amide bonds. The van der Waals surface area contributed by atoms with Gasteiger partial charge in [0.1, 0.15) is 5.82 Å². The Bertz CT molecular complexity index is 1100. The van der Waals surface area contributed by atoms with E-state index in [1.807, 2.05) is 0 Å². The molecule has 2 atom stereocenters. The van der Waals surface area contributed by atoms with Crippen LogP contribution in [0, 0.1) is 11.7 Å². The third-order valence-corrected chi connectivity index (χ3v) is 8.45. The van der Waals surface area contributed by atoms with Crippen LogP contribution in [0.2, 0.25) is 0 Å². The van der Waals surface area contributed by atoms with Crippen LogP contribution in [-0.2, 0) is 21.2 Å². The highest BCUT2D eigenvalue weighted by molar-refractivity contribution is 7.89. The molecule has 1 saturated heterocycles. The van der Waals surface area contributed by atoms with Gasteiger partial charge in [0.05, 0.1) is 4.90 Å². The second-order valence-electron chi connectivity index (χ2n) is 8.47. The lowest BCUT2D eigenvalue weighted by atomic mass is 10.0. The van der Waals surface area contributed by atoms with Crippen molar-refractivity contribution in [3.63, 3.8) is 0 Å². The summed E-state index contributed by atoms with van der Waals surface area (Å²) in [7, 11) is -3.48. The first kappa shape index (κ1) is 19.7. The van der Waals surface area contributed by atoms with Gasteiger partial charge in [0, 0.05) is 31.2 Å². The van der Waals surface area contributed by atoms with E-state index in [9.17, 15) is 17.6 Å². The Kier molecular flexibility index (Phi) is 4.90. The van der Waals surface area contributed by atoms with Gasteiger partial charge in [0.15, 0.2) is 0 Å². The monoisotopic (exact) mass is 428 g/mol. The lowest BCUT2D eigenvalue weighted by Gasteiger charge is -2.30. The summed E-state index contributed by atoms with van der Waals surface area (Å²) in [4.78, 5) is 15.3. The Labute approximate surface area is 176 Å². The molecule has 0 N–H and O–H groups in total. The van der Waals surface area contributed by atoms with E-state index >= 15 is 0 Å². The van der Waals surface area contributed by atoms with Gasteiger partial charge in [-0.1, -0.05) is 18.2 Å². The summed E-state index contributed by atoms with van der Waals surface area (Å²) in [5, 5.41) is 0. The van der Waals surface area contributed by atoms with Gasteiger partial charge in [-0.3, -0.25) is 4.79 Å². The first-order valence-electron chi connectivity index (χ1n) is 10.7. The summed E-state index contributed by atoms with van der Waals surface area (Å²) in [6.07, 6.45) is 4.01. The van der Waals surface area contributed by atoms with Crippen LogP contribution in [-0.4, -0.2) is 38.3 Å². The molecule has 2 heterocycles. The maximum Gasteiger partial charge on any atom is 0.243 e. The van der Waals surface area contributed by atoms with E-state index in [4.69, 9.17) is 0 Å². The SMILES string of the molecule is O=C(C1CC1c1ccccc1F)N1CCCc2cc(S(=O)(=O)N3CCCC3)ccc21. The number of anilines is 1. The fraction of sp³-hybridized carbons (Fsp3) is 0.435. The molecule has 2 unspecified atom stereocenters. The zero-order valence-corrected chi connectivity index (χ0v) is 17.6. The summed E-state index contributed by atoms with van der Waals surface area (Å²) >= 11 is 0. The van der Waals surface area contributed by atoms with Gasteiger partial charge >= 0.3 is 0 Å². The molecule has 1 aliphatic carbocycles. The first-order valence-corrected chi connectivity index (χ1v) is 12.1. The number of aryl methyl sites for hydroxylation is 1. The quantitative estimate of drug-likeness (QED) is 0.746. The van der Waals surface area contributed by atoms with E-state index < -0.39 is 10.0 Å². The summed E-state index contributed by atoms with van der Waals surface area (Å²) in [5.41, 5.74) is 2.31. The maximum atomic E-state index is 14.1. The fourth-order valence-electron chi connectivity index (χ4n) is 4.83. The van der Waals surface area contributed by atoms with Crippen molar-refractivity contribution in [1.82, 2.24) is 4.31 Å². The lowest BCUT2D eigenvalue weighted by Crippen LogP contribution is -2.37. The third-order valence-electron chi connectivity index (χ3n) is 6.55. The summed E-state index contributed by atoms with van der Waals surface area (Å²) in [5.74, 6) is -0.521. The number of carbonyl (C=O) groups is 1. The highest BCUT2D eigenvalue weighted by atomic mass is 32.2. The largest absolute Gasteiger partial charge is 0.312 e. The minimum Gasteiger partial charge on any atom is -0.312 e. The number of benzene rings is 2. The average molecular weight is 429 g/mol. The Hall–Kier alpha value is -2.25. The van der Waals surface area contributed by atoms with Gasteiger partial charge in [-0.2, -0.15) is 4.31 Å². The van der Waals surface area contributed by atoms with Crippen LogP contribution in [0.15, 0.2) is 47.4 Å². The van der Waals surface area contributed by atoms with Crippen LogP contribution in [0.3, 0.4) is 0 Å². The van der Waals surface area contributed by atoms with Gasteiger partial charge in [0.25, 0.3) is 0 Å². The zero-order chi connectivity index (χ0) is 20.9. The molecule has 5 nitrogen and oxygen atoms in total. The molecule has 2 aromatic carbocycles. The molecule has 2 aromatic rings. The number of halogens is 1. The van der Waals surface area contributed by atoms with E-state index in [0.717, 1.165) is 36.9 Å². The van der Waals surface area contributed by atoms with E-state index in [2.05, 4.69) is 0 Å². The topological polar surface area (TPSA) is 57.7 Å². The van der Waals surface area contributed by atoms with Crippen LogP contribution in [0.5, 0.6) is 0 Å². The van der Waals surface area contributed by atoms with Crippen molar-refractivity contribution in [2.75, 3.05) is 24.5 Å². The molecule has 3 aliphatic rings. The standard InChI is InChI=1S/C23H25FN2O3S/c24-21-8-2-1-7-18(21)19-15-20(19)23(27)26-13-5-6-16-14-17(9-10-22(16)26)30(28,29)25-11-3-4-12-25/h1-2,7-10,14,19-20H,3-6,11-13,15H2. The smallest absolute Gasteiger partial charge is 0.243 e. The van der Waals surface area contributed by atoms with Crippen LogP contribution >= 0.6 is 0 Å². The van der Waals surface area contributed by atoms with Crippen LogP contribution in [0.4, 0.5) is 10.1 Å². The first-order chi connectivity index (χ1) is 14.5. The molecule has 2 aliphatic heterocycles. The zero-order valence-electron chi connectivity index (χ0n) is 16.8. The fourth-order valence-corrected chi connectivity index (χ4v) is 6.40. The second-order valence-corrected chi connectivity index (χ2v) is 10.4. The van der Waals surface area contributed by atoms with Crippen molar-refractivity contribution in [3.8, 4) is 0 Å². The second kappa shape index (κ2) is 7.46. The van der Waals surface area contributed by atoms with Crippen LogP contribution in [0.25, 0.3) is 0 Å². The molecule has 158 valence electrons. The van der Waals surface area contributed by atoms with Crippen molar-refractivity contribution >= 4 is 21.6 Å². The number of rotatable bonds is 4. The molecule has 0 radical (unpaired) electrons. The molecule has 1 saturated carbocycles. The predicted molar refractivity (Wildman–Crippen MR) is 112 cm³/mol. The number of nitrogens with zero attached hydrogens (tertiary/aromatic N) is 2. The number of sulfonamides is 1. The minimum absolute atomic E-state index is 0.0133. The Morgan fingerprint density at radius 2 is 1.77 bits per heavy atom. The minimum atomic E-state index is -3.48. The van der Waals surface area contributed by atoms with E-state index in [-0.39, 0.29) is 23.6 Å². The average Bonchev–Trinajstić information content (AvgIpc) is 3.33. The number of carbonyl (C=O) groups excluding carboxylic acids is 1. The van der Waals surface area contributed by atoms with E-state index in [0.29, 0.717) is 36.5 Å². The molecular formula is C23H25FN2O3S. The van der Waals surface area contributed by atoms with Gasteiger partial charge in [-0.15, -0.1) is 0 Å².